The van der Waals surface area contributed by atoms with Crippen molar-refractivity contribution in [3.05, 3.63) is 0 Å². The highest BCUT2D eigenvalue weighted by Gasteiger charge is 2.11. The lowest BCUT2D eigenvalue weighted by Crippen LogP contribution is -2.35. The first-order chi connectivity index (χ1) is 9.88. The summed E-state index contributed by atoms with van der Waals surface area (Å²) in [5, 5.41) is 17.7. The number of thiocarbonyl (C=S) groups is 1. The third-order valence-corrected chi connectivity index (χ3v) is 2.81. The van der Waals surface area contributed by atoms with Crippen LogP contribution >= 0.6 is 24.8 Å². The third-order valence-electron chi connectivity index (χ3n) is 2.43. The van der Waals surface area contributed by atoms with Gasteiger partial charge in [0, 0.05) is 13.1 Å². The minimum Gasteiger partial charge on any atom is -0.468 e. The highest BCUT2D eigenvalue weighted by Crippen LogP contribution is 2.03. The number of rotatable bonds is 9. The summed E-state index contributed by atoms with van der Waals surface area (Å²) in [5.41, 5.74) is 4.34. The average molecular weight is 341 g/mol. The fraction of sp³-hybridized carbons (Fsp3) is 0.846. The van der Waals surface area contributed by atoms with E-state index in [1.807, 2.05) is 4.90 Å². The number of aliphatic hydroxyl groups excluding tert-OH is 2. The fourth-order valence-corrected chi connectivity index (χ4v) is 1.55. The summed E-state index contributed by atoms with van der Waals surface area (Å²) < 4.78 is 5.30. The molecule has 21 heavy (non-hydrogen) atoms. The lowest BCUT2D eigenvalue weighted by Gasteiger charge is -2.25. The minimum atomic E-state index is -0.854. The topological polar surface area (TPSA) is 96.0 Å². The van der Waals surface area contributed by atoms with Crippen molar-refractivity contribution in [2.24, 2.45) is 5.73 Å². The van der Waals surface area contributed by atoms with Gasteiger partial charge in [0.2, 0.25) is 0 Å². The zero-order valence-corrected chi connectivity index (χ0v) is 14.5. The van der Waals surface area contributed by atoms with Crippen LogP contribution < -0.4 is 5.73 Å². The number of primary amides is 1. The molecule has 0 fully saturated rings. The molecule has 0 saturated heterocycles. The molecule has 4 N–H and O–H groups in total. The Balaban J connectivity index is 0. The molecule has 0 aromatic heterocycles. The maximum atomic E-state index is 9.19. The molecule has 0 saturated carbocycles. The van der Waals surface area contributed by atoms with E-state index in [0.29, 0.717) is 5.17 Å². The van der Waals surface area contributed by atoms with Crippen molar-refractivity contribution in [1.29, 1.82) is 0 Å². The van der Waals surface area contributed by atoms with Gasteiger partial charge in [0.1, 0.15) is 12.7 Å². The minimum absolute atomic E-state index is 0.0596. The van der Waals surface area contributed by atoms with Crippen LogP contribution in [0.3, 0.4) is 0 Å². The predicted octanol–water partition coefficient (Wildman–Crippen LogP) is 1.54. The standard InChI is InChI=1S/C12H25NO3S.CH3NOS/c1-3-5-7-13(8-6-4-2)12(17)16-10-11(15)9-14;2-1(3)4/h11,14-15H,3-10H2,1-2H3;(H3,2,3,4). The SMILES string of the molecule is CCCCN(CCCC)C(=S)OCC(O)CO.NC(=O)S. The molecule has 0 spiro atoms. The maximum Gasteiger partial charge on any atom is 0.273 e. The summed E-state index contributed by atoms with van der Waals surface area (Å²) in [6.45, 7) is 5.82. The second-order valence-electron chi connectivity index (χ2n) is 4.45. The Morgan fingerprint density at radius 2 is 1.76 bits per heavy atom. The van der Waals surface area contributed by atoms with Crippen molar-refractivity contribution < 1.29 is 19.7 Å². The first kappa shape index (κ1) is 22.7. The van der Waals surface area contributed by atoms with E-state index in [1.165, 1.54) is 0 Å². The van der Waals surface area contributed by atoms with Gasteiger partial charge in [-0.15, -0.1) is 0 Å². The molecule has 0 rings (SSSR count). The van der Waals surface area contributed by atoms with Crippen LogP contribution in [0.2, 0.25) is 0 Å². The molecular formula is C13H28N2O4S2. The number of amides is 1. The number of aliphatic hydroxyl groups is 2. The molecule has 0 aliphatic heterocycles. The van der Waals surface area contributed by atoms with Crippen LogP contribution in [0, 0.1) is 0 Å². The van der Waals surface area contributed by atoms with E-state index in [9.17, 15) is 5.11 Å². The molecule has 0 bridgehead atoms. The summed E-state index contributed by atoms with van der Waals surface area (Å²) >= 11 is 8.28. The highest BCUT2D eigenvalue weighted by molar-refractivity contribution is 7.96. The molecule has 0 aliphatic rings. The van der Waals surface area contributed by atoms with Crippen molar-refractivity contribution in [1.82, 2.24) is 4.90 Å². The molecule has 0 aliphatic carbocycles. The normalized spacial score (nSPS) is 11.1. The average Bonchev–Trinajstić information content (AvgIpc) is 2.43. The first-order valence-corrected chi connectivity index (χ1v) is 7.93. The van der Waals surface area contributed by atoms with Crippen LogP contribution in [0.15, 0.2) is 0 Å². The van der Waals surface area contributed by atoms with Gasteiger partial charge in [0.15, 0.2) is 0 Å². The summed E-state index contributed by atoms with van der Waals surface area (Å²) in [5.74, 6) is 0. The van der Waals surface area contributed by atoms with E-state index in [0.717, 1.165) is 38.8 Å². The number of carbonyl (C=O) groups is 1. The zero-order chi connectivity index (χ0) is 16.7. The molecule has 1 unspecified atom stereocenters. The molecule has 126 valence electrons. The summed E-state index contributed by atoms with van der Waals surface area (Å²) in [7, 11) is 0. The van der Waals surface area contributed by atoms with Crippen molar-refractivity contribution >= 4 is 35.3 Å². The number of nitrogens with zero attached hydrogens (tertiary/aromatic N) is 1. The van der Waals surface area contributed by atoms with Crippen molar-refractivity contribution in [2.45, 2.75) is 45.6 Å². The third kappa shape index (κ3) is 17.4. The van der Waals surface area contributed by atoms with E-state index >= 15 is 0 Å². The van der Waals surface area contributed by atoms with Gasteiger partial charge in [0.25, 0.3) is 10.4 Å². The smallest absolute Gasteiger partial charge is 0.273 e. The first-order valence-electron chi connectivity index (χ1n) is 7.07. The maximum absolute atomic E-state index is 9.19. The van der Waals surface area contributed by atoms with E-state index in [4.69, 9.17) is 26.9 Å². The van der Waals surface area contributed by atoms with Gasteiger partial charge in [-0.2, -0.15) is 0 Å². The van der Waals surface area contributed by atoms with Gasteiger partial charge >= 0.3 is 0 Å². The van der Waals surface area contributed by atoms with Gasteiger partial charge < -0.3 is 25.6 Å². The van der Waals surface area contributed by atoms with Crippen LogP contribution in [-0.4, -0.2) is 57.9 Å². The molecule has 8 heteroatoms. The molecule has 0 aromatic rings. The molecule has 1 amide bonds. The fourth-order valence-electron chi connectivity index (χ4n) is 1.30. The molecule has 0 radical (unpaired) electrons. The van der Waals surface area contributed by atoms with Crippen LogP contribution in [0.25, 0.3) is 0 Å². The van der Waals surface area contributed by atoms with Crippen LogP contribution in [0.4, 0.5) is 4.79 Å². The Bertz CT molecular complexity index is 269. The number of unbranched alkanes of at least 4 members (excludes halogenated alkanes) is 2. The largest absolute Gasteiger partial charge is 0.468 e. The van der Waals surface area contributed by atoms with Gasteiger partial charge in [-0.1, -0.05) is 39.3 Å². The number of ether oxygens (including phenoxy) is 1. The van der Waals surface area contributed by atoms with Gasteiger partial charge in [-0.05, 0) is 25.1 Å². The summed E-state index contributed by atoms with van der Waals surface area (Å²) in [6, 6.07) is 0. The highest BCUT2D eigenvalue weighted by atomic mass is 32.1. The van der Waals surface area contributed by atoms with E-state index in [2.05, 4.69) is 32.2 Å². The van der Waals surface area contributed by atoms with E-state index < -0.39 is 11.3 Å². The monoisotopic (exact) mass is 340 g/mol. The summed E-state index contributed by atoms with van der Waals surface area (Å²) in [6.07, 6.45) is 3.53. The number of hydrogen-bond donors (Lipinski definition) is 4. The van der Waals surface area contributed by atoms with Gasteiger partial charge in [-0.3, -0.25) is 4.79 Å². The van der Waals surface area contributed by atoms with Crippen molar-refractivity contribution in [3.8, 4) is 0 Å². The molecular weight excluding hydrogens is 312 g/mol. The van der Waals surface area contributed by atoms with E-state index in [-0.39, 0.29) is 13.2 Å². The molecule has 0 aromatic carbocycles. The number of nitrogens with two attached hydrogens (primary N) is 1. The second kappa shape index (κ2) is 15.8. The Labute approximate surface area is 138 Å². The van der Waals surface area contributed by atoms with E-state index in [1.54, 1.807) is 0 Å². The lowest BCUT2D eigenvalue weighted by molar-refractivity contribution is 0.0445. The number of thiol groups is 1. The van der Waals surface area contributed by atoms with Crippen molar-refractivity contribution in [3.63, 3.8) is 0 Å². The predicted molar refractivity (Wildman–Crippen MR) is 91.6 cm³/mol. The Kier molecular flexibility index (Phi) is 17.1. The zero-order valence-electron chi connectivity index (χ0n) is 12.8. The molecule has 1 atom stereocenters. The van der Waals surface area contributed by atoms with Crippen molar-refractivity contribution in [2.75, 3.05) is 26.3 Å². The Morgan fingerprint density at radius 3 is 2.10 bits per heavy atom. The number of hydrogen-bond acceptors (Lipinski definition) is 5. The summed E-state index contributed by atoms with van der Waals surface area (Å²) in [4.78, 5) is 11.1. The van der Waals surface area contributed by atoms with Gasteiger partial charge in [-0.25, -0.2) is 0 Å². The van der Waals surface area contributed by atoms with Crippen LogP contribution in [0.1, 0.15) is 39.5 Å². The number of carbonyl (C=O) groups excluding carboxylic acids is 1. The molecule has 6 nitrogen and oxygen atoms in total. The quantitative estimate of drug-likeness (QED) is 0.376. The molecule has 0 heterocycles. The Morgan fingerprint density at radius 1 is 1.33 bits per heavy atom. The lowest BCUT2D eigenvalue weighted by atomic mass is 10.3. The van der Waals surface area contributed by atoms with Gasteiger partial charge in [0.05, 0.1) is 6.61 Å². The van der Waals surface area contributed by atoms with Crippen LogP contribution in [-0.2, 0) is 4.74 Å². The van der Waals surface area contributed by atoms with Crippen LogP contribution in [0.5, 0.6) is 0 Å². The Hall–Kier alpha value is -0.570. The second-order valence-corrected chi connectivity index (χ2v) is 5.24.